The summed E-state index contributed by atoms with van der Waals surface area (Å²) in [7, 11) is 0. The van der Waals surface area contributed by atoms with Gasteiger partial charge in [-0.3, -0.25) is 4.90 Å². The Morgan fingerprint density at radius 3 is 2.07 bits per heavy atom. The topological polar surface area (TPSA) is 15.3 Å². The van der Waals surface area contributed by atoms with Gasteiger partial charge in [-0.25, -0.2) is 0 Å². The monoisotopic (exact) mass is 376 g/mol. The number of rotatable bonds is 7. The van der Waals surface area contributed by atoms with Gasteiger partial charge >= 0.3 is 0 Å². The Labute approximate surface area is 166 Å². The number of nitrogens with zero attached hydrogens (tertiary/aromatic N) is 1. The zero-order chi connectivity index (χ0) is 18.5. The zero-order valence-corrected chi connectivity index (χ0v) is 16.1. The molecule has 0 aromatic heterocycles. The molecule has 27 heavy (non-hydrogen) atoms. The molecule has 0 radical (unpaired) electrons. The van der Waals surface area contributed by atoms with Crippen molar-refractivity contribution in [2.75, 3.05) is 19.6 Å². The molecular formula is C24H25ClN2. The Morgan fingerprint density at radius 2 is 1.48 bits per heavy atom. The molecule has 3 aromatic rings. The highest BCUT2D eigenvalue weighted by molar-refractivity contribution is 6.30. The first-order chi connectivity index (χ1) is 13.3. The van der Waals surface area contributed by atoms with E-state index in [0.717, 1.165) is 31.1 Å². The van der Waals surface area contributed by atoms with E-state index in [9.17, 15) is 0 Å². The van der Waals surface area contributed by atoms with Gasteiger partial charge in [-0.1, -0.05) is 84.4 Å². The van der Waals surface area contributed by atoms with Gasteiger partial charge in [0.25, 0.3) is 0 Å². The number of hydrogen-bond donors (Lipinski definition) is 1. The first-order valence-corrected chi connectivity index (χ1v) is 9.99. The SMILES string of the molecule is Clc1cccc(CCNC2CN(C(c3ccccc3)c3ccccc3)C2)c1. The smallest absolute Gasteiger partial charge is 0.0602 e. The maximum Gasteiger partial charge on any atom is 0.0602 e. The molecule has 1 fully saturated rings. The zero-order valence-electron chi connectivity index (χ0n) is 15.4. The number of likely N-dealkylation sites (tertiary alicyclic amines) is 1. The Balaban J connectivity index is 1.35. The van der Waals surface area contributed by atoms with Crippen molar-refractivity contribution in [1.82, 2.24) is 10.2 Å². The molecule has 1 heterocycles. The Hall–Kier alpha value is -2.13. The molecule has 3 heteroatoms. The summed E-state index contributed by atoms with van der Waals surface area (Å²) in [6.45, 7) is 3.13. The van der Waals surface area contributed by atoms with Gasteiger partial charge in [0, 0.05) is 24.2 Å². The summed E-state index contributed by atoms with van der Waals surface area (Å²) in [5.74, 6) is 0. The van der Waals surface area contributed by atoms with E-state index in [1.807, 2.05) is 12.1 Å². The number of hydrogen-bond acceptors (Lipinski definition) is 2. The molecule has 0 bridgehead atoms. The van der Waals surface area contributed by atoms with Crippen LogP contribution in [-0.4, -0.2) is 30.6 Å². The average molecular weight is 377 g/mol. The van der Waals surface area contributed by atoms with Gasteiger partial charge in [0.05, 0.1) is 6.04 Å². The fourth-order valence-corrected chi connectivity index (χ4v) is 4.06. The molecule has 1 aliphatic heterocycles. The van der Waals surface area contributed by atoms with E-state index in [1.54, 1.807) is 0 Å². The van der Waals surface area contributed by atoms with Crippen LogP contribution in [0.15, 0.2) is 84.9 Å². The van der Waals surface area contributed by atoms with E-state index < -0.39 is 0 Å². The third-order valence-corrected chi connectivity index (χ3v) is 5.48. The fourth-order valence-electron chi connectivity index (χ4n) is 3.85. The maximum atomic E-state index is 6.07. The average Bonchev–Trinajstić information content (AvgIpc) is 2.67. The second-order valence-electron chi connectivity index (χ2n) is 7.21. The summed E-state index contributed by atoms with van der Waals surface area (Å²) in [5, 5.41) is 4.51. The summed E-state index contributed by atoms with van der Waals surface area (Å²) in [4.78, 5) is 2.56. The van der Waals surface area contributed by atoms with Crippen LogP contribution in [0.25, 0.3) is 0 Å². The first-order valence-electron chi connectivity index (χ1n) is 9.61. The van der Waals surface area contributed by atoms with Crippen LogP contribution in [-0.2, 0) is 6.42 Å². The highest BCUT2D eigenvalue weighted by atomic mass is 35.5. The molecule has 0 amide bonds. The van der Waals surface area contributed by atoms with Crippen LogP contribution in [0.3, 0.4) is 0 Å². The lowest BCUT2D eigenvalue weighted by Gasteiger charge is -2.45. The van der Waals surface area contributed by atoms with Gasteiger partial charge in [-0.15, -0.1) is 0 Å². The Bertz CT molecular complexity index is 805. The van der Waals surface area contributed by atoms with Crippen LogP contribution in [0.2, 0.25) is 5.02 Å². The van der Waals surface area contributed by atoms with E-state index >= 15 is 0 Å². The number of halogens is 1. The third-order valence-electron chi connectivity index (χ3n) is 5.24. The largest absolute Gasteiger partial charge is 0.311 e. The number of benzene rings is 3. The Kier molecular flexibility index (Phi) is 5.88. The van der Waals surface area contributed by atoms with E-state index in [0.29, 0.717) is 12.1 Å². The van der Waals surface area contributed by atoms with Crippen molar-refractivity contribution in [2.45, 2.75) is 18.5 Å². The fraction of sp³-hybridized carbons (Fsp3) is 0.250. The van der Waals surface area contributed by atoms with Gasteiger partial charge in [0.1, 0.15) is 0 Å². The van der Waals surface area contributed by atoms with Crippen LogP contribution in [0.5, 0.6) is 0 Å². The summed E-state index contributed by atoms with van der Waals surface area (Å²) in [6, 6.07) is 30.7. The molecular weight excluding hydrogens is 352 g/mol. The second-order valence-corrected chi connectivity index (χ2v) is 7.65. The summed E-state index contributed by atoms with van der Waals surface area (Å²) < 4.78 is 0. The lowest BCUT2D eigenvalue weighted by atomic mass is 9.93. The molecule has 4 rings (SSSR count). The molecule has 1 aliphatic rings. The molecule has 1 N–H and O–H groups in total. The minimum Gasteiger partial charge on any atom is -0.311 e. The normalized spacial score (nSPS) is 15.0. The van der Waals surface area contributed by atoms with E-state index in [4.69, 9.17) is 11.6 Å². The third kappa shape index (κ3) is 4.59. The molecule has 0 atom stereocenters. The van der Waals surface area contributed by atoms with E-state index in [2.05, 4.69) is 83.0 Å². The number of nitrogens with one attached hydrogen (secondary N) is 1. The molecule has 3 aromatic carbocycles. The maximum absolute atomic E-state index is 6.07. The van der Waals surface area contributed by atoms with Gasteiger partial charge < -0.3 is 5.32 Å². The quantitative estimate of drug-likeness (QED) is 0.627. The molecule has 0 saturated carbocycles. The van der Waals surface area contributed by atoms with Crippen molar-refractivity contribution in [2.24, 2.45) is 0 Å². The van der Waals surface area contributed by atoms with Crippen molar-refractivity contribution >= 4 is 11.6 Å². The van der Waals surface area contributed by atoms with Gasteiger partial charge in [0.15, 0.2) is 0 Å². The van der Waals surface area contributed by atoms with Crippen LogP contribution in [0.4, 0.5) is 0 Å². The van der Waals surface area contributed by atoms with Gasteiger partial charge in [-0.2, -0.15) is 0 Å². The predicted octanol–water partition coefficient (Wildman–Crippen LogP) is 4.95. The summed E-state index contributed by atoms with van der Waals surface area (Å²) in [6.07, 6.45) is 1.01. The van der Waals surface area contributed by atoms with Crippen LogP contribution >= 0.6 is 11.6 Å². The van der Waals surface area contributed by atoms with Crippen molar-refractivity contribution in [3.05, 3.63) is 107 Å². The van der Waals surface area contributed by atoms with E-state index in [1.165, 1.54) is 16.7 Å². The second kappa shape index (κ2) is 8.71. The van der Waals surface area contributed by atoms with Gasteiger partial charge in [-0.05, 0) is 41.8 Å². The van der Waals surface area contributed by atoms with Crippen molar-refractivity contribution < 1.29 is 0 Å². The molecule has 1 saturated heterocycles. The molecule has 0 spiro atoms. The first kappa shape index (κ1) is 18.2. The van der Waals surface area contributed by atoms with Crippen molar-refractivity contribution in [3.8, 4) is 0 Å². The van der Waals surface area contributed by atoms with Crippen molar-refractivity contribution in [1.29, 1.82) is 0 Å². The van der Waals surface area contributed by atoms with Crippen molar-refractivity contribution in [3.63, 3.8) is 0 Å². The summed E-state index contributed by atoms with van der Waals surface area (Å²) >= 11 is 6.07. The summed E-state index contributed by atoms with van der Waals surface area (Å²) in [5.41, 5.74) is 4.01. The lowest BCUT2D eigenvalue weighted by Crippen LogP contribution is -2.59. The standard InChI is InChI=1S/C24H25ClN2/c25-22-13-7-8-19(16-22)14-15-26-23-17-27(18-23)24(20-9-3-1-4-10-20)21-11-5-2-6-12-21/h1-13,16,23-24,26H,14-15,17-18H2. The van der Waals surface area contributed by atoms with Crippen LogP contribution in [0.1, 0.15) is 22.7 Å². The highest BCUT2D eigenvalue weighted by Crippen LogP contribution is 2.32. The predicted molar refractivity (Wildman–Crippen MR) is 113 cm³/mol. The van der Waals surface area contributed by atoms with Crippen LogP contribution < -0.4 is 5.32 Å². The minimum atomic E-state index is 0.332. The molecule has 138 valence electrons. The van der Waals surface area contributed by atoms with E-state index in [-0.39, 0.29) is 0 Å². The highest BCUT2D eigenvalue weighted by Gasteiger charge is 2.33. The molecule has 0 aliphatic carbocycles. The lowest BCUT2D eigenvalue weighted by molar-refractivity contribution is 0.0936. The minimum absolute atomic E-state index is 0.332. The molecule has 2 nitrogen and oxygen atoms in total. The Morgan fingerprint density at radius 1 is 0.852 bits per heavy atom. The van der Waals surface area contributed by atoms with Crippen LogP contribution in [0, 0.1) is 0 Å². The molecule has 0 unspecified atom stereocenters. The van der Waals surface area contributed by atoms with Gasteiger partial charge in [0.2, 0.25) is 0 Å².